The van der Waals surface area contributed by atoms with Gasteiger partial charge in [0.25, 0.3) is 0 Å². The Balaban J connectivity index is 1.85. The minimum Gasteiger partial charge on any atom is -0.382 e. The number of para-hydroxylation sites is 2. The van der Waals surface area contributed by atoms with E-state index >= 15 is 0 Å². The van der Waals surface area contributed by atoms with Crippen LogP contribution in [-0.2, 0) is 11.3 Å². The normalized spacial score (nSPS) is 13.2. The van der Waals surface area contributed by atoms with Gasteiger partial charge in [-0.15, -0.1) is 10.2 Å². The molecule has 0 radical (unpaired) electrons. The maximum Gasteiger partial charge on any atom is 0.157 e. The van der Waals surface area contributed by atoms with Gasteiger partial charge < -0.3 is 9.64 Å². The average molecular weight is 272 g/mol. The van der Waals surface area contributed by atoms with Crippen LogP contribution >= 0.6 is 0 Å². The lowest BCUT2D eigenvalue weighted by molar-refractivity contribution is 0.146. The zero-order valence-corrected chi connectivity index (χ0v) is 12.0. The van der Waals surface area contributed by atoms with E-state index < -0.39 is 0 Å². The average Bonchev–Trinajstić information content (AvgIpc) is 2.85. The Hall–Kier alpha value is -1.88. The van der Waals surface area contributed by atoms with Crippen LogP contribution in [0.1, 0.15) is 25.0 Å². The highest BCUT2D eigenvalue weighted by atomic mass is 16.5. The summed E-state index contributed by atoms with van der Waals surface area (Å²) >= 11 is 0. The molecule has 0 saturated carbocycles. The number of rotatable bonds is 5. The van der Waals surface area contributed by atoms with Gasteiger partial charge in [-0.1, -0.05) is 12.1 Å². The molecule has 0 N–H and O–H groups in total. The smallest absolute Gasteiger partial charge is 0.157 e. The third kappa shape index (κ3) is 2.29. The molecule has 0 unspecified atom stereocenters. The second kappa shape index (κ2) is 5.63. The van der Waals surface area contributed by atoms with Crippen LogP contribution in [0.15, 0.2) is 24.3 Å². The molecule has 0 fully saturated rings. The van der Waals surface area contributed by atoms with Crippen molar-refractivity contribution in [1.29, 1.82) is 0 Å². The van der Waals surface area contributed by atoms with Gasteiger partial charge in [-0.05, 0) is 32.4 Å². The molecule has 0 saturated heterocycles. The zero-order chi connectivity index (χ0) is 13.9. The molecular weight excluding hydrogens is 252 g/mol. The van der Waals surface area contributed by atoms with E-state index in [4.69, 9.17) is 4.74 Å². The quantitative estimate of drug-likeness (QED) is 0.783. The molecule has 1 aliphatic rings. The molecule has 0 aliphatic carbocycles. The van der Waals surface area contributed by atoms with Gasteiger partial charge in [-0.2, -0.15) is 0 Å². The second-order valence-corrected chi connectivity index (χ2v) is 4.96. The van der Waals surface area contributed by atoms with Crippen molar-refractivity contribution in [3.63, 3.8) is 0 Å². The fourth-order valence-electron chi connectivity index (χ4n) is 2.70. The van der Waals surface area contributed by atoms with Crippen molar-refractivity contribution in [2.45, 2.75) is 26.8 Å². The van der Waals surface area contributed by atoms with Gasteiger partial charge in [0.05, 0.1) is 17.9 Å². The Morgan fingerprint density at radius 2 is 2.00 bits per heavy atom. The van der Waals surface area contributed by atoms with Crippen molar-refractivity contribution in [3.05, 3.63) is 35.9 Å². The molecule has 1 aromatic heterocycles. The molecule has 0 atom stereocenters. The van der Waals surface area contributed by atoms with E-state index in [1.165, 1.54) is 11.4 Å². The van der Waals surface area contributed by atoms with E-state index in [2.05, 4.69) is 43.9 Å². The van der Waals surface area contributed by atoms with Gasteiger partial charge in [0, 0.05) is 19.8 Å². The first-order chi connectivity index (χ1) is 9.81. The van der Waals surface area contributed by atoms with E-state index in [1.54, 1.807) is 0 Å². The lowest BCUT2D eigenvalue weighted by Gasteiger charge is -2.31. The van der Waals surface area contributed by atoms with E-state index in [0.717, 1.165) is 44.4 Å². The van der Waals surface area contributed by atoms with Gasteiger partial charge >= 0.3 is 0 Å². The third-order valence-electron chi connectivity index (χ3n) is 3.61. The van der Waals surface area contributed by atoms with Gasteiger partial charge in [0.2, 0.25) is 0 Å². The van der Waals surface area contributed by atoms with Gasteiger partial charge in [0.15, 0.2) is 5.82 Å². The van der Waals surface area contributed by atoms with Crippen LogP contribution in [-0.4, -0.2) is 34.5 Å². The van der Waals surface area contributed by atoms with E-state index in [9.17, 15) is 0 Å². The second-order valence-electron chi connectivity index (χ2n) is 4.96. The monoisotopic (exact) mass is 272 g/mol. The summed E-state index contributed by atoms with van der Waals surface area (Å²) < 4.78 is 7.57. The van der Waals surface area contributed by atoms with Crippen molar-refractivity contribution in [3.8, 4) is 5.69 Å². The van der Waals surface area contributed by atoms with Crippen molar-refractivity contribution in [2.24, 2.45) is 0 Å². The molecular formula is C15H20N4O. The SMILES string of the molecule is CCOCCCN1Cc2nnc(C)n2-c2ccccc21. The highest BCUT2D eigenvalue weighted by Gasteiger charge is 2.24. The van der Waals surface area contributed by atoms with E-state index in [0.29, 0.717) is 0 Å². The van der Waals surface area contributed by atoms with Crippen molar-refractivity contribution in [2.75, 3.05) is 24.7 Å². The standard InChI is InChI=1S/C15H20N4O/c1-3-20-10-6-9-18-11-15-17-16-12(2)19(15)14-8-5-4-7-13(14)18/h4-5,7-8H,3,6,9-11H2,1-2H3. The molecule has 1 aliphatic heterocycles. The molecule has 2 heterocycles. The molecule has 3 rings (SSSR count). The summed E-state index contributed by atoms with van der Waals surface area (Å²) in [6, 6.07) is 8.44. The predicted octanol–water partition coefficient (Wildman–Crippen LogP) is 2.32. The molecule has 106 valence electrons. The molecule has 2 aromatic rings. The van der Waals surface area contributed by atoms with Crippen LogP contribution in [0.5, 0.6) is 0 Å². The first-order valence-corrected chi connectivity index (χ1v) is 7.14. The van der Waals surface area contributed by atoms with Crippen LogP contribution in [0.4, 0.5) is 5.69 Å². The Labute approximate surface area is 119 Å². The molecule has 5 heteroatoms. The van der Waals surface area contributed by atoms with Crippen molar-refractivity contribution in [1.82, 2.24) is 14.8 Å². The topological polar surface area (TPSA) is 43.2 Å². The summed E-state index contributed by atoms with van der Waals surface area (Å²) in [6.07, 6.45) is 1.02. The van der Waals surface area contributed by atoms with Gasteiger partial charge in [-0.3, -0.25) is 4.57 Å². The van der Waals surface area contributed by atoms with E-state index in [1.807, 2.05) is 13.8 Å². The summed E-state index contributed by atoms with van der Waals surface area (Å²) in [5.74, 6) is 1.96. The van der Waals surface area contributed by atoms with E-state index in [-0.39, 0.29) is 0 Å². The van der Waals surface area contributed by atoms with Gasteiger partial charge in [-0.25, -0.2) is 0 Å². The number of hydrogen-bond acceptors (Lipinski definition) is 4. The number of aromatic nitrogens is 3. The highest BCUT2D eigenvalue weighted by molar-refractivity contribution is 5.65. The predicted molar refractivity (Wildman–Crippen MR) is 78.3 cm³/mol. The number of ether oxygens (including phenoxy) is 1. The van der Waals surface area contributed by atoms with Crippen LogP contribution < -0.4 is 4.90 Å². The minimum atomic E-state index is 0.782. The van der Waals surface area contributed by atoms with Crippen LogP contribution in [0.3, 0.4) is 0 Å². The lowest BCUT2D eigenvalue weighted by Crippen LogP contribution is -2.31. The summed E-state index contributed by atoms with van der Waals surface area (Å²) in [5, 5.41) is 8.49. The molecule has 20 heavy (non-hydrogen) atoms. The van der Waals surface area contributed by atoms with Crippen molar-refractivity contribution < 1.29 is 4.74 Å². The molecule has 0 bridgehead atoms. The lowest BCUT2D eigenvalue weighted by atomic mass is 10.2. The molecule has 5 nitrogen and oxygen atoms in total. The molecule has 0 amide bonds. The first-order valence-electron chi connectivity index (χ1n) is 7.14. The fourth-order valence-corrected chi connectivity index (χ4v) is 2.70. The maximum atomic E-state index is 5.43. The minimum absolute atomic E-state index is 0.782. The fraction of sp³-hybridized carbons (Fsp3) is 0.467. The largest absolute Gasteiger partial charge is 0.382 e. The third-order valence-corrected chi connectivity index (χ3v) is 3.61. The number of benzene rings is 1. The Morgan fingerprint density at radius 1 is 1.20 bits per heavy atom. The first kappa shape index (κ1) is 13.1. The van der Waals surface area contributed by atoms with Crippen LogP contribution in [0.2, 0.25) is 0 Å². The van der Waals surface area contributed by atoms with Crippen LogP contribution in [0.25, 0.3) is 5.69 Å². The summed E-state index contributed by atoms with van der Waals surface area (Å²) in [4.78, 5) is 2.36. The molecule has 1 aromatic carbocycles. The van der Waals surface area contributed by atoms with Gasteiger partial charge in [0.1, 0.15) is 5.82 Å². The maximum absolute atomic E-state index is 5.43. The van der Waals surface area contributed by atoms with Crippen LogP contribution in [0, 0.1) is 6.92 Å². The summed E-state index contributed by atoms with van der Waals surface area (Å²) in [6.45, 7) is 7.40. The number of hydrogen-bond donors (Lipinski definition) is 0. The highest BCUT2D eigenvalue weighted by Crippen LogP contribution is 2.31. The zero-order valence-electron chi connectivity index (χ0n) is 12.0. The number of anilines is 1. The summed E-state index contributed by atoms with van der Waals surface area (Å²) in [5.41, 5.74) is 2.42. The number of fused-ring (bicyclic) bond motifs is 3. The van der Waals surface area contributed by atoms with Crippen molar-refractivity contribution >= 4 is 5.69 Å². The molecule has 0 spiro atoms. The number of nitrogens with zero attached hydrogens (tertiary/aromatic N) is 4. The number of aryl methyl sites for hydroxylation is 1. The Bertz CT molecular complexity index is 593. The summed E-state index contributed by atoms with van der Waals surface area (Å²) in [7, 11) is 0. The Morgan fingerprint density at radius 3 is 2.80 bits per heavy atom. The Kier molecular flexibility index (Phi) is 3.69.